The average Bonchev–Trinajstić information content (AvgIpc) is 3.35. The number of benzene rings is 1. The van der Waals surface area contributed by atoms with Gasteiger partial charge in [-0.2, -0.15) is 0 Å². The van der Waals surface area contributed by atoms with Crippen molar-refractivity contribution in [3.8, 4) is 0 Å². The van der Waals surface area contributed by atoms with Gasteiger partial charge in [0.2, 0.25) is 11.4 Å². The molecule has 3 aliphatic heterocycles. The normalized spacial score (nSPS) is 31.7. The fourth-order valence-electron chi connectivity index (χ4n) is 5.33. The van der Waals surface area contributed by atoms with Crippen LogP contribution in [0.3, 0.4) is 0 Å². The van der Waals surface area contributed by atoms with Crippen molar-refractivity contribution in [1.29, 1.82) is 0 Å². The Balaban J connectivity index is 1.47. The van der Waals surface area contributed by atoms with Crippen LogP contribution in [0.15, 0.2) is 24.3 Å². The van der Waals surface area contributed by atoms with Crippen LogP contribution < -0.4 is 15.5 Å². The first-order chi connectivity index (χ1) is 13.4. The number of primary amides is 1. The van der Waals surface area contributed by atoms with Gasteiger partial charge in [-0.3, -0.25) is 14.4 Å². The number of imide groups is 1. The van der Waals surface area contributed by atoms with E-state index in [0.717, 1.165) is 36.3 Å². The van der Waals surface area contributed by atoms with Gasteiger partial charge >= 0.3 is 6.03 Å². The number of rotatable bonds is 3. The van der Waals surface area contributed by atoms with Gasteiger partial charge in [0.15, 0.2) is 0 Å². The van der Waals surface area contributed by atoms with Gasteiger partial charge in [0, 0.05) is 24.2 Å². The summed E-state index contributed by atoms with van der Waals surface area (Å²) >= 11 is 0. The maximum atomic E-state index is 13.1. The Kier molecular flexibility index (Phi) is 3.56. The number of anilines is 2. The van der Waals surface area contributed by atoms with Gasteiger partial charge in [0.1, 0.15) is 0 Å². The standard InChI is InChI=1S/C20H22N4O4/c21-17(26)20-9-1-2-10-22(20)19(28)24(18(20)27)14-7-5-13(6-8-14)23-15-4-3-12(11-15)16(23)25/h5-8,12,15H,1-4,9-11H2,(H2,21,26)/t12?,15?,20-/m0/s1. The first-order valence-electron chi connectivity index (χ1n) is 9.84. The lowest BCUT2D eigenvalue weighted by molar-refractivity contribution is -0.139. The van der Waals surface area contributed by atoms with Crippen molar-refractivity contribution in [1.82, 2.24) is 4.90 Å². The number of hydrogen-bond acceptors (Lipinski definition) is 4. The quantitative estimate of drug-likeness (QED) is 0.630. The smallest absolute Gasteiger partial charge is 0.332 e. The topological polar surface area (TPSA) is 104 Å². The predicted octanol–water partition coefficient (Wildman–Crippen LogP) is 1.38. The van der Waals surface area contributed by atoms with Crippen LogP contribution in [0.2, 0.25) is 0 Å². The number of piperidine rings is 2. The molecular formula is C20H22N4O4. The minimum atomic E-state index is -1.57. The molecule has 2 unspecified atom stereocenters. The molecule has 1 aliphatic carbocycles. The summed E-state index contributed by atoms with van der Waals surface area (Å²) < 4.78 is 0. The van der Waals surface area contributed by atoms with E-state index in [1.165, 1.54) is 4.90 Å². The molecule has 3 atom stereocenters. The molecule has 3 heterocycles. The van der Waals surface area contributed by atoms with E-state index in [1.807, 2.05) is 4.90 Å². The Hall–Kier alpha value is -2.90. The van der Waals surface area contributed by atoms with Gasteiger partial charge in [0.05, 0.1) is 5.69 Å². The molecule has 4 fully saturated rings. The van der Waals surface area contributed by atoms with Crippen LogP contribution in [0.25, 0.3) is 0 Å². The zero-order valence-corrected chi connectivity index (χ0v) is 15.5. The number of nitrogens with two attached hydrogens (primary N) is 1. The summed E-state index contributed by atoms with van der Waals surface area (Å²) in [4.78, 5) is 54.8. The van der Waals surface area contributed by atoms with E-state index in [-0.39, 0.29) is 24.3 Å². The van der Waals surface area contributed by atoms with Gasteiger partial charge in [-0.05, 0) is 62.8 Å². The minimum Gasteiger partial charge on any atom is -0.367 e. The molecule has 5 rings (SSSR count). The highest BCUT2D eigenvalue weighted by molar-refractivity contribution is 6.31. The van der Waals surface area contributed by atoms with Crippen molar-refractivity contribution in [3.63, 3.8) is 0 Å². The number of carbonyl (C=O) groups is 4. The van der Waals surface area contributed by atoms with E-state index < -0.39 is 23.4 Å². The molecule has 2 N–H and O–H groups in total. The molecule has 28 heavy (non-hydrogen) atoms. The van der Waals surface area contributed by atoms with Gasteiger partial charge in [-0.25, -0.2) is 9.69 Å². The highest BCUT2D eigenvalue weighted by Crippen LogP contribution is 2.42. The van der Waals surface area contributed by atoms with Crippen LogP contribution >= 0.6 is 0 Å². The van der Waals surface area contributed by atoms with E-state index in [0.29, 0.717) is 18.7 Å². The molecule has 146 valence electrons. The van der Waals surface area contributed by atoms with Gasteiger partial charge in [-0.1, -0.05) is 0 Å². The Morgan fingerprint density at radius 1 is 1.04 bits per heavy atom. The molecule has 4 aliphatic rings. The predicted molar refractivity (Wildman–Crippen MR) is 100 cm³/mol. The molecule has 0 aromatic heterocycles. The largest absolute Gasteiger partial charge is 0.367 e. The Morgan fingerprint density at radius 2 is 1.75 bits per heavy atom. The van der Waals surface area contributed by atoms with Crippen LogP contribution in [-0.2, 0) is 14.4 Å². The van der Waals surface area contributed by atoms with Crippen molar-refractivity contribution in [2.24, 2.45) is 11.7 Å². The second kappa shape index (κ2) is 5.80. The molecule has 3 saturated heterocycles. The Labute approximate surface area is 162 Å². The van der Waals surface area contributed by atoms with Crippen LogP contribution in [0.5, 0.6) is 0 Å². The monoisotopic (exact) mass is 382 g/mol. The zero-order valence-electron chi connectivity index (χ0n) is 15.5. The van der Waals surface area contributed by atoms with Crippen molar-refractivity contribution in [2.45, 2.75) is 50.1 Å². The van der Waals surface area contributed by atoms with Crippen LogP contribution in [0, 0.1) is 5.92 Å². The molecule has 1 aromatic rings. The first kappa shape index (κ1) is 17.2. The highest BCUT2D eigenvalue weighted by atomic mass is 16.2. The Bertz CT molecular complexity index is 898. The maximum absolute atomic E-state index is 13.1. The molecule has 0 spiro atoms. The molecule has 5 amide bonds. The second-order valence-electron chi connectivity index (χ2n) is 8.14. The Morgan fingerprint density at radius 3 is 2.36 bits per heavy atom. The summed E-state index contributed by atoms with van der Waals surface area (Å²) in [5.74, 6) is -1.07. The van der Waals surface area contributed by atoms with Crippen LogP contribution in [0.4, 0.5) is 16.2 Å². The van der Waals surface area contributed by atoms with Crippen molar-refractivity contribution in [3.05, 3.63) is 24.3 Å². The van der Waals surface area contributed by atoms with E-state index in [2.05, 4.69) is 0 Å². The van der Waals surface area contributed by atoms with Gasteiger partial charge < -0.3 is 15.5 Å². The van der Waals surface area contributed by atoms with Crippen LogP contribution in [-0.4, -0.2) is 46.8 Å². The molecule has 8 nitrogen and oxygen atoms in total. The third-order valence-electron chi connectivity index (χ3n) is 6.76. The SMILES string of the molecule is NC(=O)[C@]12CCCCN1C(=O)N(c1ccc(N3C(=O)C4CCC3C4)cc1)C2=O. The third-order valence-corrected chi connectivity index (χ3v) is 6.76. The van der Waals surface area contributed by atoms with Crippen molar-refractivity contribution in [2.75, 3.05) is 16.3 Å². The number of nitrogens with zero attached hydrogens (tertiary/aromatic N) is 3. The number of urea groups is 1. The molecule has 1 aromatic carbocycles. The van der Waals surface area contributed by atoms with Gasteiger partial charge in [-0.15, -0.1) is 0 Å². The number of carbonyl (C=O) groups excluding carboxylic acids is 4. The number of amides is 5. The third kappa shape index (κ3) is 2.05. The summed E-state index contributed by atoms with van der Waals surface area (Å²) in [6, 6.07) is 6.60. The van der Waals surface area contributed by atoms with E-state index in [9.17, 15) is 19.2 Å². The van der Waals surface area contributed by atoms with Crippen molar-refractivity contribution < 1.29 is 19.2 Å². The number of hydrogen-bond donors (Lipinski definition) is 1. The van der Waals surface area contributed by atoms with E-state index in [1.54, 1.807) is 24.3 Å². The van der Waals surface area contributed by atoms with Crippen molar-refractivity contribution >= 4 is 35.1 Å². The summed E-state index contributed by atoms with van der Waals surface area (Å²) in [7, 11) is 0. The molecule has 8 heteroatoms. The summed E-state index contributed by atoms with van der Waals surface area (Å²) in [5, 5.41) is 0. The lowest BCUT2D eigenvalue weighted by Crippen LogP contribution is -2.60. The maximum Gasteiger partial charge on any atom is 0.332 e. The lowest BCUT2D eigenvalue weighted by Gasteiger charge is -2.35. The molecule has 2 bridgehead atoms. The van der Waals surface area contributed by atoms with Gasteiger partial charge in [0.25, 0.3) is 11.8 Å². The zero-order chi connectivity index (χ0) is 19.6. The number of fused-ring (bicyclic) bond motifs is 3. The highest BCUT2D eigenvalue weighted by Gasteiger charge is 2.62. The van der Waals surface area contributed by atoms with E-state index in [4.69, 9.17) is 5.73 Å². The van der Waals surface area contributed by atoms with E-state index >= 15 is 0 Å². The van der Waals surface area contributed by atoms with Crippen LogP contribution in [0.1, 0.15) is 38.5 Å². The summed E-state index contributed by atoms with van der Waals surface area (Å²) in [5.41, 5.74) is 5.17. The molecule has 0 radical (unpaired) electrons. The first-order valence-corrected chi connectivity index (χ1v) is 9.84. The summed E-state index contributed by atoms with van der Waals surface area (Å²) in [6.07, 6.45) is 4.54. The average molecular weight is 382 g/mol. The fraction of sp³-hybridized carbons (Fsp3) is 0.500. The fourth-order valence-corrected chi connectivity index (χ4v) is 5.33. The summed E-state index contributed by atoms with van der Waals surface area (Å²) in [6.45, 7) is 0.341. The molecule has 1 saturated carbocycles. The lowest BCUT2D eigenvalue weighted by atomic mass is 9.86. The second-order valence-corrected chi connectivity index (χ2v) is 8.14. The minimum absolute atomic E-state index is 0.123. The molecular weight excluding hydrogens is 360 g/mol.